The van der Waals surface area contributed by atoms with Gasteiger partial charge in [0.05, 0.1) is 17.1 Å². The van der Waals surface area contributed by atoms with Gasteiger partial charge in [-0.3, -0.25) is 10.1 Å². The maximum Gasteiger partial charge on any atom is 0.295 e. The fourth-order valence-corrected chi connectivity index (χ4v) is 3.42. The predicted molar refractivity (Wildman–Crippen MR) is 94.4 cm³/mol. The quantitative estimate of drug-likeness (QED) is 0.647. The van der Waals surface area contributed by atoms with Crippen LogP contribution in [0.15, 0.2) is 42.5 Å². The number of hydrogen-bond acceptors (Lipinski definition) is 4. The van der Waals surface area contributed by atoms with E-state index in [9.17, 15) is 19.6 Å². The van der Waals surface area contributed by atoms with E-state index in [2.05, 4.69) is 0 Å². The van der Waals surface area contributed by atoms with Gasteiger partial charge in [0.15, 0.2) is 0 Å². The van der Waals surface area contributed by atoms with Gasteiger partial charge in [0.25, 0.3) is 5.69 Å². The lowest BCUT2D eigenvalue weighted by molar-refractivity contribution is -0.384. The lowest BCUT2D eigenvalue weighted by atomic mass is 9.87. The van der Waals surface area contributed by atoms with E-state index in [-0.39, 0.29) is 11.6 Å². The summed E-state index contributed by atoms with van der Waals surface area (Å²) in [7, 11) is 0. The van der Waals surface area contributed by atoms with Crippen molar-refractivity contribution in [3.63, 3.8) is 0 Å². The van der Waals surface area contributed by atoms with E-state index in [4.69, 9.17) is 11.6 Å². The highest BCUT2D eigenvalue weighted by atomic mass is 35.5. The molecular formula is C18H18ClFN2O3. The molecule has 1 unspecified atom stereocenters. The van der Waals surface area contributed by atoms with Crippen molar-refractivity contribution < 1.29 is 14.4 Å². The number of nitro benzene ring substituents is 1. The van der Waals surface area contributed by atoms with Gasteiger partial charge in [-0.1, -0.05) is 23.7 Å². The second-order valence-electron chi connectivity index (χ2n) is 6.21. The summed E-state index contributed by atoms with van der Waals surface area (Å²) < 4.78 is 13.3. The van der Waals surface area contributed by atoms with Crippen LogP contribution in [0, 0.1) is 21.8 Å². The largest absolute Gasteiger partial charge is 0.388 e. The van der Waals surface area contributed by atoms with Crippen molar-refractivity contribution in [3.8, 4) is 0 Å². The molecule has 1 aliphatic heterocycles. The molecule has 1 atom stereocenters. The van der Waals surface area contributed by atoms with E-state index < -0.39 is 16.8 Å². The fourth-order valence-electron chi connectivity index (χ4n) is 3.30. The molecule has 0 amide bonds. The van der Waals surface area contributed by atoms with Crippen molar-refractivity contribution in [3.05, 3.63) is 69.0 Å². The highest BCUT2D eigenvalue weighted by Crippen LogP contribution is 2.36. The molecule has 7 heteroatoms. The van der Waals surface area contributed by atoms with Gasteiger partial charge in [0, 0.05) is 18.1 Å². The van der Waals surface area contributed by atoms with Crippen molar-refractivity contribution in [2.45, 2.75) is 18.9 Å². The summed E-state index contributed by atoms with van der Waals surface area (Å²) in [6, 6.07) is 10.7. The van der Waals surface area contributed by atoms with Crippen LogP contribution in [0.4, 0.5) is 15.8 Å². The van der Waals surface area contributed by atoms with Gasteiger partial charge in [-0.05, 0) is 48.6 Å². The van der Waals surface area contributed by atoms with Crippen LogP contribution in [-0.4, -0.2) is 23.1 Å². The predicted octanol–water partition coefficient (Wildman–Crippen LogP) is 4.34. The van der Waals surface area contributed by atoms with E-state index in [1.54, 1.807) is 12.1 Å². The molecule has 1 fully saturated rings. The summed E-state index contributed by atoms with van der Waals surface area (Å²) in [5.41, 5.74) is 1.01. The molecule has 0 bridgehead atoms. The Bertz CT molecular complexity index is 761. The zero-order chi connectivity index (χ0) is 18.0. The van der Waals surface area contributed by atoms with E-state index >= 15 is 0 Å². The SMILES string of the molecule is O=[N+]([O-])c1cc(F)ccc1N1CCC(C(O)c2ccc(Cl)cc2)CC1. The first-order valence-electron chi connectivity index (χ1n) is 8.08. The van der Waals surface area contributed by atoms with Crippen molar-refractivity contribution in [2.75, 3.05) is 18.0 Å². The van der Waals surface area contributed by atoms with E-state index in [1.807, 2.05) is 17.0 Å². The first-order chi connectivity index (χ1) is 12.0. The average molecular weight is 365 g/mol. The number of aliphatic hydroxyl groups is 1. The lowest BCUT2D eigenvalue weighted by Gasteiger charge is -2.35. The molecule has 0 saturated carbocycles. The monoisotopic (exact) mass is 364 g/mol. The van der Waals surface area contributed by atoms with Crippen molar-refractivity contribution >= 4 is 23.0 Å². The van der Waals surface area contributed by atoms with Gasteiger partial charge in [-0.25, -0.2) is 4.39 Å². The van der Waals surface area contributed by atoms with E-state index in [1.165, 1.54) is 12.1 Å². The Labute approximate surface area is 149 Å². The van der Waals surface area contributed by atoms with Gasteiger partial charge in [0.2, 0.25) is 0 Å². The third-order valence-electron chi connectivity index (χ3n) is 4.67. The molecular weight excluding hydrogens is 347 g/mol. The summed E-state index contributed by atoms with van der Waals surface area (Å²) >= 11 is 5.87. The van der Waals surface area contributed by atoms with Gasteiger partial charge in [-0.2, -0.15) is 0 Å². The first-order valence-corrected chi connectivity index (χ1v) is 8.46. The third-order valence-corrected chi connectivity index (χ3v) is 4.92. The van der Waals surface area contributed by atoms with Gasteiger partial charge < -0.3 is 10.0 Å². The Morgan fingerprint density at radius 3 is 2.44 bits per heavy atom. The minimum Gasteiger partial charge on any atom is -0.388 e. The van der Waals surface area contributed by atoms with Crippen LogP contribution in [-0.2, 0) is 0 Å². The lowest BCUT2D eigenvalue weighted by Crippen LogP contribution is -2.36. The molecule has 1 N–H and O–H groups in total. The molecule has 3 rings (SSSR count). The standard InChI is InChI=1S/C18H18ClFN2O3/c19-14-3-1-12(2-4-14)18(23)13-7-9-21(10-8-13)16-6-5-15(20)11-17(16)22(24)25/h1-6,11,13,18,23H,7-10H2. The number of rotatable bonds is 4. The maximum atomic E-state index is 13.3. The number of hydrogen-bond donors (Lipinski definition) is 1. The summed E-state index contributed by atoms with van der Waals surface area (Å²) in [5, 5.41) is 22.3. The van der Waals surface area contributed by atoms with Crippen LogP contribution in [0.3, 0.4) is 0 Å². The van der Waals surface area contributed by atoms with Crippen molar-refractivity contribution in [2.24, 2.45) is 5.92 Å². The first kappa shape index (κ1) is 17.6. The summed E-state index contributed by atoms with van der Waals surface area (Å²) in [6.07, 6.45) is 0.791. The average Bonchev–Trinajstić information content (AvgIpc) is 2.62. The van der Waals surface area contributed by atoms with Crippen LogP contribution < -0.4 is 4.90 Å². The summed E-state index contributed by atoms with van der Waals surface area (Å²) in [4.78, 5) is 12.5. The van der Waals surface area contributed by atoms with E-state index in [0.717, 1.165) is 11.6 Å². The van der Waals surface area contributed by atoms with Crippen LogP contribution in [0.2, 0.25) is 5.02 Å². The number of nitro groups is 1. The van der Waals surface area contributed by atoms with Gasteiger partial charge in [-0.15, -0.1) is 0 Å². The van der Waals surface area contributed by atoms with Crippen LogP contribution in [0.1, 0.15) is 24.5 Å². The molecule has 0 radical (unpaired) electrons. The highest BCUT2D eigenvalue weighted by molar-refractivity contribution is 6.30. The van der Waals surface area contributed by atoms with Crippen LogP contribution in [0.5, 0.6) is 0 Å². The number of piperidine rings is 1. The number of benzene rings is 2. The second kappa shape index (κ2) is 7.37. The number of aliphatic hydroxyl groups excluding tert-OH is 1. The molecule has 25 heavy (non-hydrogen) atoms. The zero-order valence-electron chi connectivity index (χ0n) is 13.4. The van der Waals surface area contributed by atoms with Gasteiger partial charge in [0.1, 0.15) is 11.5 Å². The Morgan fingerprint density at radius 1 is 1.20 bits per heavy atom. The smallest absolute Gasteiger partial charge is 0.295 e. The number of halogens is 2. The molecule has 0 spiro atoms. The molecule has 5 nitrogen and oxygen atoms in total. The second-order valence-corrected chi connectivity index (χ2v) is 6.65. The molecule has 2 aromatic rings. The third kappa shape index (κ3) is 3.91. The molecule has 1 heterocycles. The normalized spacial score (nSPS) is 16.7. The number of nitrogens with zero attached hydrogens (tertiary/aromatic N) is 2. The van der Waals surface area contributed by atoms with E-state index in [0.29, 0.717) is 36.6 Å². The highest BCUT2D eigenvalue weighted by Gasteiger charge is 2.29. The van der Waals surface area contributed by atoms with Crippen LogP contribution >= 0.6 is 11.6 Å². The van der Waals surface area contributed by atoms with Crippen molar-refractivity contribution in [1.82, 2.24) is 0 Å². The minimum absolute atomic E-state index is 0.0666. The Balaban J connectivity index is 1.70. The van der Waals surface area contributed by atoms with Gasteiger partial charge >= 0.3 is 0 Å². The molecule has 0 aromatic heterocycles. The Kier molecular flexibility index (Phi) is 5.20. The zero-order valence-corrected chi connectivity index (χ0v) is 14.2. The molecule has 2 aromatic carbocycles. The fraction of sp³-hybridized carbons (Fsp3) is 0.333. The minimum atomic E-state index is -0.622. The number of anilines is 1. The Hall–Kier alpha value is -2.18. The Morgan fingerprint density at radius 2 is 1.84 bits per heavy atom. The van der Waals surface area contributed by atoms with Crippen LogP contribution in [0.25, 0.3) is 0 Å². The molecule has 132 valence electrons. The molecule has 0 aliphatic carbocycles. The topological polar surface area (TPSA) is 66.6 Å². The molecule has 1 saturated heterocycles. The molecule has 1 aliphatic rings. The summed E-state index contributed by atoms with van der Waals surface area (Å²) in [5.74, 6) is -0.555. The van der Waals surface area contributed by atoms with Crippen molar-refractivity contribution in [1.29, 1.82) is 0 Å². The summed E-state index contributed by atoms with van der Waals surface area (Å²) in [6.45, 7) is 1.14. The maximum absolute atomic E-state index is 13.3.